The van der Waals surface area contributed by atoms with Gasteiger partial charge < -0.3 is 19.5 Å². The summed E-state index contributed by atoms with van der Waals surface area (Å²) in [4.78, 5) is 37.7. The highest BCUT2D eigenvalue weighted by atomic mass is 79.9. The summed E-state index contributed by atoms with van der Waals surface area (Å²) in [5.74, 6) is -0.283. The molecular weight excluding hydrogens is 504 g/mol. The molecule has 0 atom stereocenters. The smallest absolute Gasteiger partial charge is 0.343 e. The summed E-state index contributed by atoms with van der Waals surface area (Å²) in [6, 6.07) is 9.65. The van der Waals surface area contributed by atoms with Crippen LogP contribution in [0.4, 0.5) is 4.79 Å². The van der Waals surface area contributed by atoms with Crippen LogP contribution in [0.15, 0.2) is 46.6 Å². The maximum atomic E-state index is 12.8. The number of ether oxygens (including phenoxy) is 3. The third kappa shape index (κ3) is 5.60. The average Bonchev–Trinajstić information content (AvgIpc) is 3.03. The number of carbonyl (C=O) groups is 3. The zero-order valence-electron chi connectivity index (χ0n) is 17.3. The molecule has 0 aromatic heterocycles. The number of urea groups is 1. The number of rotatable bonds is 8. The minimum Gasteiger partial charge on any atom is -0.490 e. The van der Waals surface area contributed by atoms with Crippen molar-refractivity contribution >= 4 is 51.5 Å². The third-order valence-corrected chi connectivity index (χ3v) is 5.39. The van der Waals surface area contributed by atoms with E-state index in [1.165, 1.54) is 7.11 Å². The van der Waals surface area contributed by atoms with Crippen LogP contribution in [0.1, 0.15) is 18.1 Å². The van der Waals surface area contributed by atoms with Crippen molar-refractivity contribution < 1.29 is 28.6 Å². The predicted octanol–water partition coefficient (Wildman–Crippen LogP) is 4.15. The minimum atomic E-state index is -0.533. The Kier molecular flexibility index (Phi) is 7.76. The van der Waals surface area contributed by atoms with E-state index in [4.69, 9.17) is 21.1 Å². The zero-order chi connectivity index (χ0) is 23.3. The minimum absolute atomic E-state index is 0.116. The van der Waals surface area contributed by atoms with Crippen molar-refractivity contribution in [1.29, 1.82) is 0 Å². The van der Waals surface area contributed by atoms with Gasteiger partial charge in [0.05, 0.1) is 20.3 Å². The van der Waals surface area contributed by atoms with Crippen LogP contribution in [0.2, 0.25) is 5.02 Å². The fraction of sp³-hybridized carbons (Fsp3) is 0.227. The number of nitrogens with zero attached hydrogens (tertiary/aromatic N) is 1. The molecule has 1 aliphatic rings. The van der Waals surface area contributed by atoms with Gasteiger partial charge in [-0.2, -0.15) is 0 Å². The number of imide groups is 1. The second-order valence-corrected chi connectivity index (χ2v) is 7.91. The molecule has 168 valence electrons. The number of carbonyl (C=O) groups excluding carboxylic acids is 3. The van der Waals surface area contributed by atoms with E-state index in [9.17, 15) is 14.4 Å². The Morgan fingerprint density at radius 1 is 1.16 bits per heavy atom. The normalized spacial score (nSPS) is 14.5. The van der Waals surface area contributed by atoms with Crippen LogP contribution in [-0.4, -0.2) is 43.1 Å². The highest BCUT2D eigenvalue weighted by molar-refractivity contribution is 9.10. The number of methoxy groups -OCH3 is 1. The number of amides is 3. The number of nitrogens with one attached hydrogen (secondary N) is 1. The molecule has 2 aromatic carbocycles. The van der Waals surface area contributed by atoms with E-state index >= 15 is 0 Å². The van der Waals surface area contributed by atoms with Crippen LogP contribution >= 0.6 is 27.5 Å². The van der Waals surface area contributed by atoms with Gasteiger partial charge in [0.15, 0.2) is 18.1 Å². The first-order valence-corrected chi connectivity index (χ1v) is 10.7. The molecule has 2 aromatic rings. The Balaban J connectivity index is 1.84. The summed E-state index contributed by atoms with van der Waals surface area (Å²) < 4.78 is 16.2. The van der Waals surface area contributed by atoms with Gasteiger partial charge >= 0.3 is 12.0 Å². The molecule has 1 aliphatic heterocycles. The molecule has 0 unspecified atom stereocenters. The number of esters is 1. The molecule has 1 heterocycles. The summed E-state index contributed by atoms with van der Waals surface area (Å²) in [5, 5.41) is 3.16. The highest BCUT2D eigenvalue weighted by Gasteiger charge is 2.33. The van der Waals surface area contributed by atoms with Crippen LogP contribution in [-0.2, 0) is 20.9 Å². The Morgan fingerprint density at radius 3 is 2.50 bits per heavy atom. The van der Waals surface area contributed by atoms with E-state index in [-0.39, 0.29) is 18.8 Å². The van der Waals surface area contributed by atoms with Crippen molar-refractivity contribution in [3.63, 3.8) is 0 Å². The fourth-order valence-electron chi connectivity index (χ4n) is 2.88. The van der Waals surface area contributed by atoms with E-state index in [1.54, 1.807) is 49.4 Å². The van der Waals surface area contributed by atoms with Crippen LogP contribution in [0.5, 0.6) is 11.5 Å². The van der Waals surface area contributed by atoms with Crippen molar-refractivity contribution in [2.24, 2.45) is 0 Å². The molecule has 3 rings (SSSR count). The topological polar surface area (TPSA) is 94.2 Å². The summed E-state index contributed by atoms with van der Waals surface area (Å²) >= 11 is 9.32. The van der Waals surface area contributed by atoms with Crippen molar-refractivity contribution in [3.8, 4) is 11.5 Å². The first kappa shape index (κ1) is 23.6. The monoisotopic (exact) mass is 522 g/mol. The maximum absolute atomic E-state index is 12.8. The van der Waals surface area contributed by atoms with Crippen molar-refractivity contribution in [2.75, 3.05) is 20.3 Å². The Hall–Kier alpha value is -3.04. The van der Waals surface area contributed by atoms with Gasteiger partial charge in [0.1, 0.15) is 5.70 Å². The average molecular weight is 524 g/mol. The van der Waals surface area contributed by atoms with Crippen molar-refractivity contribution in [3.05, 3.63) is 62.7 Å². The Labute approximate surface area is 198 Å². The molecule has 0 bridgehead atoms. The molecular formula is C22H20BrClN2O6. The van der Waals surface area contributed by atoms with Crippen molar-refractivity contribution in [1.82, 2.24) is 10.2 Å². The van der Waals surface area contributed by atoms with E-state index in [2.05, 4.69) is 26.0 Å². The Bertz CT molecular complexity index is 1070. The van der Waals surface area contributed by atoms with Crippen LogP contribution in [0.25, 0.3) is 6.08 Å². The van der Waals surface area contributed by atoms with Crippen LogP contribution in [0, 0.1) is 0 Å². The second kappa shape index (κ2) is 10.5. The third-order valence-electron chi connectivity index (χ3n) is 4.45. The Morgan fingerprint density at radius 2 is 1.84 bits per heavy atom. The first-order valence-electron chi connectivity index (χ1n) is 9.57. The van der Waals surface area contributed by atoms with Gasteiger partial charge in [-0.15, -0.1) is 0 Å². The predicted molar refractivity (Wildman–Crippen MR) is 121 cm³/mol. The first-order chi connectivity index (χ1) is 15.3. The van der Waals surface area contributed by atoms with E-state index < -0.39 is 17.9 Å². The van der Waals surface area contributed by atoms with Gasteiger partial charge in [-0.1, -0.05) is 39.7 Å². The number of hydrogen-bond donors (Lipinski definition) is 1. The molecule has 0 saturated carbocycles. The van der Waals surface area contributed by atoms with Gasteiger partial charge in [-0.05, 0) is 48.4 Å². The fourth-order valence-corrected chi connectivity index (χ4v) is 3.44. The number of hydrogen-bond acceptors (Lipinski definition) is 6. The van der Waals surface area contributed by atoms with Gasteiger partial charge in [0.2, 0.25) is 0 Å². The maximum Gasteiger partial charge on any atom is 0.343 e. The molecule has 32 heavy (non-hydrogen) atoms. The molecule has 0 aliphatic carbocycles. The van der Waals surface area contributed by atoms with Gasteiger partial charge in [-0.3, -0.25) is 9.69 Å². The molecule has 0 spiro atoms. The quantitative estimate of drug-likeness (QED) is 0.317. The lowest BCUT2D eigenvalue weighted by Crippen LogP contribution is -2.30. The number of benzene rings is 2. The molecule has 1 fully saturated rings. The lowest BCUT2D eigenvalue weighted by atomic mass is 10.1. The summed E-state index contributed by atoms with van der Waals surface area (Å²) in [5.41, 5.74) is 1.47. The molecule has 8 nitrogen and oxygen atoms in total. The lowest BCUT2D eigenvalue weighted by molar-refractivity contribution is -0.143. The van der Waals surface area contributed by atoms with E-state index in [0.29, 0.717) is 33.2 Å². The number of halogens is 2. The largest absolute Gasteiger partial charge is 0.490 e. The van der Waals surface area contributed by atoms with Crippen LogP contribution < -0.4 is 14.8 Å². The standard InChI is InChI=1S/C22H20BrClN2O6/c1-3-31-18-9-14(16(23)10-19(18)32-12-20(27)30-2)8-17-21(28)26(22(29)25-17)11-13-4-6-15(24)7-5-13/h4-10H,3,11-12H2,1-2H3,(H,25,29)/b17-8-. The van der Waals surface area contributed by atoms with Gasteiger partial charge in [0, 0.05) is 9.50 Å². The lowest BCUT2D eigenvalue weighted by Gasteiger charge is -2.13. The van der Waals surface area contributed by atoms with Crippen LogP contribution in [0.3, 0.4) is 0 Å². The molecule has 0 radical (unpaired) electrons. The zero-order valence-corrected chi connectivity index (χ0v) is 19.7. The molecule has 1 saturated heterocycles. The summed E-state index contributed by atoms with van der Waals surface area (Å²) in [6.45, 7) is 2.00. The SMILES string of the molecule is CCOc1cc(/C=C2\NC(=O)N(Cc3ccc(Cl)cc3)C2=O)c(Br)cc1OCC(=O)OC. The summed E-state index contributed by atoms with van der Waals surface area (Å²) in [7, 11) is 1.27. The van der Waals surface area contributed by atoms with E-state index in [1.807, 2.05) is 0 Å². The molecule has 1 N–H and O–H groups in total. The second-order valence-electron chi connectivity index (χ2n) is 6.62. The molecule has 10 heteroatoms. The molecule has 3 amide bonds. The van der Waals surface area contributed by atoms with Gasteiger partial charge in [0.25, 0.3) is 5.91 Å². The van der Waals surface area contributed by atoms with E-state index in [0.717, 1.165) is 10.5 Å². The van der Waals surface area contributed by atoms with Crippen molar-refractivity contribution in [2.45, 2.75) is 13.5 Å². The van der Waals surface area contributed by atoms with Gasteiger partial charge in [-0.25, -0.2) is 9.59 Å². The highest BCUT2D eigenvalue weighted by Crippen LogP contribution is 2.35. The summed E-state index contributed by atoms with van der Waals surface area (Å²) in [6.07, 6.45) is 1.54.